The van der Waals surface area contributed by atoms with Crippen molar-refractivity contribution >= 4 is 29.1 Å². The highest BCUT2D eigenvalue weighted by molar-refractivity contribution is 7.12. The molecule has 22 heavy (non-hydrogen) atoms. The number of carbonyl (C=O) groups excluding carboxylic acids is 3. The smallest absolute Gasteiger partial charge is 0.261 e. The molecule has 4 heterocycles. The third-order valence-electron chi connectivity index (χ3n) is 4.77. The van der Waals surface area contributed by atoms with Gasteiger partial charge in [0.1, 0.15) is 12.1 Å². The van der Waals surface area contributed by atoms with E-state index in [1.165, 1.54) is 11.3 Å². The molecule has 0 aliphatic carbocycles. The fourth-order valence-electron chi connectivity index (χ4n) is 3.75. The number of rotatable bonds is 2. The van der Waals surface area contributed by atoms with Crippen LogP contribution in [0.5, 0.6) is 0 Å². The molecule has 1 N–H and O–H groups in total. The number of fused-ring (bicyclic) bond motifs is 2. The van der Waals surface area contributed by atoms with Crippen molar-refractivity contribution in [3.8, 4) is 0 Å². The number of carbonyl (C=O) groups is 3. The zero-order valence-corrected chi connectivity index (χ0v) is 12.8. The van der Waals surface area contributed by atoms with Crippen LogP contribution in [0.3, 0.4) is 0 Å². The molecule has 116 valence electrons. The molecule has 0 spiro atoms. The quantitative estimate of drug-likeness (QED) is 0.860. The Bertz CT molecular complexity index is 600. The minimum atomic E-state index is -0.393. The van der Waals surface area contributed by atoms with Crippen LogP contribution in [0.4, 0.5) is 0 Å². The second-order valence-corrected chi connectivity index (χ2v) is 7.03. The summed E-state index contributed by atoms with van der Waals surface area (Å²) in [6, 6.07) is 2.80. The van der Waals surface area contributed by atoms with Crippen LogP contribution in [0, 0.1) is 0 Å². The van der Waals surface area contributed by atoms with E-state index in [0.29, 0.717) is 24.4 Å². The molecule has 6 nitrogen and oxygen atoms in total. The van der Waals surface area contributed by atoms with Gasteiger partial charge >= 0.3 is 0 Å². The average Bonchev–Trinajstić information content (AvgIpc) is 3.23. The van der Waals surface area contributed by atoms with Gasteiger partial charge in [-0.25, -0.2) is 0 Å². The van der Waals surface area contributed by atoms with Crippen molar-refractivity contribution in [2.75, 3.05) is 13.1 Å². The molecule has 1 aromatic rings. The van der Waals surface area contributed by atoms with Crippen molar-refractivity contribution in [1.29, 1.82) is 0 Å². The summed E-state index contributed by atoms with van der Waals surface area (Å²) in [5, 5.41) is 4.81. The van der Waals surface area contributed by atoms with E-state index < -0.39 is 6.04 Å². The predicted octanol–water partition coefficient (Wildman–Crippen LogP) is 0.452. The zero-order chi connectivity index (χ0) is 15.3. The maximum atomic E-state index is 12.5. The maximum Gasteiger partial charge on any atom is 0.261 e. The van der Waals surface area contributed by atoms with Crippen molar-refractivity contribution in [2.24, 2.45) is 0 Å². The standard InChI is InChI=1S/C15H17N3O3S/c19-13(12-4-2-6-22-12)16-9-7-11-15(21)17-5-1-3-10(17)14(20)18(11)8-9/h2,4,6,9-11H,1,3,5,7-8H2,(H,16,19)/t9-,10+,11-/m0/s1. The Kier molecular flexibility index (Phi) is 3.18. The maximum absolute atomic E-state index is 12.5. The lowest BCUT2D eigenvalue weighted by atomic mass is 10.1. The van der Waals surface area contributed by atoms with Crippen LogP contribution in [0.1, 0.15) is 28.9 Å². The molecular weight excluding hydrogens is 302 g/mol. The van der Waals surface area contributed by atoms with Crippen LogP contribution in [-0.2, 0) is 9.59 Å². The average molecular weight is 319 g/mol. The molecule has 3 atom stereocenters. The Morgan fingerprint density at radius 1 is 1.23 bits per heavy atom. The van der Waals surface area contributed by atoms with E-state index in [0.717, 1.165) is 12.8 Å². The molecule has 1 aromatic heterocycles. The van der Waals surface area contributed by atoms with Crippen LogP contribution in [0.15, 0.2) is 17.5 Å². The number of amides is 3. The van der Waals surface area contributed by atoms with Gasteiger partial charge in [0.25, 0.3) is 5.91 Å². The Morgan fingerprint density at radius 3 is 2.82 bits per heavy atom. The van der Waals surface area contributed by atoms with Crippen LogP contribution >= 0.6 is 11.3 Å². The Balaban J connectivity index is 1.48. The number of piperazine rings is 1. The van der Waals surface area contributed by atoms with E-state index >= 15 is 0 Å². The van der Waals surface area contributed by atoms with E-state index in [-0.39, 0.29) is 29.8 Å². The molecule has 3 saturated heterocycles. The third-order valence-corrected chi connectivity index (χ3v) is 5.64. The molecule has 7 heteroatoms. The second-order valence-electron chi connectivity index (χ2n) is 6.08. The molecular formula is C15H17N3O3S. The van der Waals surface area contributed by atoms with Gasteiger partial charge in [0.05, 0.1) is 4.88 Å². The summed E-state index contributed by atoms with van der Waals surface area (Å²) in [6.07, 6.45) is 2.19. The summed E-state index contributed by atoms with van der Waals surface area (Å²) in [5.74, 6) is -0.0230. The van der Waals surface area contributed by atoms with E-state index in [1.807, 2.05) is 11.4 Å². The Hall–Kier alpha value is -1.89. The van der Waals surface area contributed by atoms with Gasteiger partial charge in [-0.1, -0.05) is 6.07 Å². The van der Waals surface area contributed by atoms with E-state index in [4.69, 9.17) is 0 Å². The van der Waals surface area contributed by atoms with Crippen molar-refractivity contribution in [3.05, 3.63) is 22.4 Å². The van der Waals surface area contributed by atoms with E-state index in [9.17, 15) is 14.4 Å². The highest BCUT2D eigenvalue weighted by atomic mass is 32.1. The number of nitrogens with one attached hydrogen (secondary N) is 1. The molecule has 0 bridgehead atoms. The van der Waals surface area contributed by atoms with Crippen LogP contribution in [0.25, 0.3) is 0 Å². The van der Waals surface area contributed by atoms with Crippen molar-refractivity contribution in [1.82, 2.24) is 15.1 Å². The molecule has 3 aliphatic rings. The first-order chi connectivity index (χ1) is 10.6. The van der Waals surface area contributed by atoms with Crippen molar-refractivity contribution in [3.63, 3.8) is 0 Å². The van der Waals surface area contributed by atoms with Gasteiger partial charge in [-0.05, 0) is 30.7 Å². The van der Waals surface area contributed by atoms with Gasteiger partial charge in [-0.2, -0.15) is 0 Å². The minimum absolute atomic E-state index is 0.0509. The number of hydrogen-bond acceptors (Lipinski definition) is 4. The SMILES string of the molecule is O=C(N[C@H]1C[C@H]2C(=O)N3CCC[C@@H]3C(=O)N2C1)c1cccs1. The lowest BCUT2D eigenvalue weighted by Crippen LogP contribution is -2.60. The van der Waals surface area contributed by atoms with E-state index in [2.05, 4.69) is 5.32 Å². The van der Waals surface area contributed by atoms with Gasteiger partial charge in [-0.3, -0.25) is 14.4 Å². The lowest BCUT2D eigenvalue weighted by Gasteiger charge is -2.38. The number of thiophene rings is 1. The summed E-state index contributed by atoms with van der Waals surface area (Å²) in [5.41, 5.74) is 0. The molecule has 3 amide bonds. The van der Waals surface area contributed by atoms with Crippen molar-refractivity contribution in [2.45, 2.75) is 37.4 Å². The summed E-state index contributed by atoms with van der Waals surface area (Å²) < 4.78 is 0. The molecule has 3 aliphatic heterocycles. The van der Waals surface area contributed by atoms with Gasteiger partial charge in [0, 0.05) is 19.1 Å². The molecule has 4 rings (SSSR count). The molecule has 3 fully saturated rings. The van der Waals surface area contributed by atoms with Crippen LogP contribution in [0.2, 0.25) is 0 Å². The highest BCUT2D eigenvalue weighted by Crippen LogP contribution is 2.32. The summed E-state index contributed by atoms with van der Waals surface area (Å²) >= 11 is 1.39. The zero-order valence-electron chi connectivity index (χ0n) is 12.0. The van der Waals surface area contributed by atoms with Gasteiger partial charge in [-0.15, -0.1) is 11.3 Å². The van der Waals surface area contributed by atoms with Crippen molar-refractivity contribution < 1.29 is 14.4 Å². The van der Waals surface area contributed by atoms with Gasteiger partial charge in [0.2, 0.25) is 11.8 Å². The fraction of sp³-hybridized carbons (Fsp3) is 0.533. The van der Waals surface area contributed by atoms with Gasteiger partial charge in [0.15, 0.2) is 0 Å². The second kappa shape index (κ2) is 5.08. The molecule has 0 radical (unpaired) electrons. The topological polar surface area (TPSA) is 69.7 Å². The third kappa shape index (κ3) is 2.03. The summed E-state index contributed by atoms with van der Waals surface area (Å²) in [4.78, 5) is 41.2. The van der Waals surface area contributed by atoms with Crippen LogP contribution < -0.4 is 5.32 Å². The first-order valence-electron chi connectivity index (χ1n) is 7.60. The van der Waals surface area contributed by atoms with E-state index in [1.54, 1.807) is 15.9 Å². The number of hydrogen-bond donors (Lipinski definition) is 1. The first kappa shape index (κ1) is 13.8. The molecule has 0 unspecified atom stereocenters. The molecule has 0 saturated carbocycles. The minimum Gasteiger partial charge on any atom is -0.347 e. The van der Waals surface area contributed by atoms with Gasteiger partial charge < -0.3 is 15.1 Å². The van der Waals surface area contributed by atoms with Crippen LogP contribution in [-0.4, -0.2) is 58.7 Å². The molecule has 0 aromatic carbocycles. The highest BCUT2D eigenvalue weighted by Gasteiger charge is 2.51. The Labute approximate surface area is 132 Å². The number of nitrogens with zero attached hydrogens (tertiary/aromatic N) is 2. The fourth-order valence-corrected chi connectivity index (χ4v) is 4.38. The lowest BCUT2D eigenvalue weighted by molar-refractivity contribution is -0.156. The first-order valence-corrected chi connectivity index (χ1v) is 8.48. The summed E-state index contributed by atoms with van der Waals surface area (Å²) in [6.45, 7) is 1.13. The normalized spacial score (nSPS) is 30.5. The monoisotopic (exact) mass is 319 g/mol. The summed E-state index contributed by atoms with van der Waals surface area (Å²) in [7, 11) is 0. The predicted molar refractivity (Wildman–Crippen MR) is 80.4 cm³/mol. The largest absolute Gasteiger partial charge is 0.347 e. The Morgan fingerprint density at radius 2 is 2.05 bits per heavy atom.